The van der Waals surface area contributed by atoms with Gasteiger partial charge in [0.1, 0.15) is 5.82 Å². The third-order valence-corrected chi connectivity index (χ3v) is 7.38. The number of rotatable bonds is 6. The summed E-state index contributed by atoms with van der Waals surface area (Å²) in [6, 6.07) is 6.86. The van der Waals surface area contributed by atoms with Crippen molar-refractivity contribution in [2.45, 2.75) is 75.4 Å². The molecule has 1 nitrogen and oxygen atoms in total. The number of alkyl halides is 2. The van der Waals surface area contributed by atoms with E-state index < -0.39 is 35.6 Å². The Hall–Kier alpha value is -2.28. The third-order valence-electron chi connectivity index (χ3n) is 7.38. The Balaban J connectivity index is 1.30. The number of hydrogen-bond acceptors (Lipinski definition) is 1. The zero-order chi connectivity index (χ0) is 24.5. The lowest BCUT2D eigenvalue weighted by molar-refractivity contribution is -0.300. The lowest BCUT2D eigenvalue weighted by Gasteiger charge is -2.37. The van der Waals surface area contributed by atoms with Gasteiger partial charge in [0.2, 0.25) is 0 Å². The fourth-order valence-corrected chi connectivity index (χ4v) is 5.39. The molecule has 2 aromatic carbocycles. The van der Waals surface area contributed by atoms with Crippen LogP contribution in [-0.2, 0) is 4.74 Å². The highest BCUT2D eigenvalue weighted by molar-refractivity contribution is 5.48. The summed E-state index contributed by atoms with van der Waals surface area (Å²) in [6.45, 7) is 3.62. The molecule has 0 saturated heterocycles. The van der Waals surface area contributed by atoms with Crippen LogP contribution in [0.5, 0.6) is 0 Å². The van der Waals surface area contributed by atoms with E-state index in [9.17, 15) is 26.3 Å². The summed E-state index contributed by atoms with van der Waals surface area (Å²) >= 11 is 0. The highest BCUT2D eigenvalue weighted by atomic mass is 19.3. The van der Waals surface area contributed by atoms with Gasteiger partial charge in [-0.3, -0.25) is 0 Å². The first-order chi connectivity index (χ1) is 16.2. The van der Waals surface area contributed by atoms with Crippen LogP contribution in [0.1, 0.15) is 79.9 Å². The predicted octanol–water partition coefficient (Wildman–Crippen LogP) is 8.50. The highest BCUT2D eigenvalue weighted by Crippen LogP contribution is 2.45. The van der Waals surface area contributed by atoms with E-state index in [1.165, 1.54) is 6.07 Å². The summed E-state index contributed by atoms with van der Waals surface area (Å²) in [5, 5.41) is 0. The van der Waals surface area contributed by atoms with Gasteiger partial charge in [-0.25, -0.2) is 17.6 Å². The van der Waals surface area contributed by atoms with Crippen molar-refractivity contribution in [2.75, 3.05) is 0 Å². The number of ether oxygens (including phenoxy) is 1. The van der Waals surface area contributed by atoms with Crippen molar-refractivity contribution in [2.24, 2.45) is 5.92 Å². The average Bonchev–Trinajstić information content (AvgIpc) is 2.82. The lowest BCUT2D eigenvalue weighted by Crippen LogP contribution is -2.38. The van der Waals surface area contributed by atoms with Crippen LogP contribution in [0.15, 0.2) is 36.9 Å². The van der Waals surface area contributed by atoms with E-state index >= 15 is 0 Å². The second kappa shape index (κ2) is 10.1. The molecule has 2 saturated carbocycles. The average molecular weight is 483 g/mol. The molecular formula is C27H28F6O. The minimum absolute atomic E-state index is 0.0992. The van der Waals surface area contributed by atoms with Crippen molar-refractivity contribution in [3.05, 3.63) is 76.9 Å². The molecule has 2 aliphatic rings. The van der Waals surface area contributed by atoms with E-state index in [0.717, 1.165) is 12.1 Å². The molecular weight excluding hydrogens is 454 g/mol. The van der Waals surface area contributed by atoms with Gasteiger partial charge in [-0.15, -0.1) is 0 Å². The largest absolute Gasteiger partial charge is 0.358 e. The number of halogens is 6. The summed E-state index contributed by atoms with van der Waals surface area (Å²) in [4.78, 5) is 0. The molecule has 2 aromatic rings. The Labute approximate surface area is 195 Å². The first-order valence-corrected chi connectivity index (χ1v) is 11.8. The van der Waals surface area contributed by atoms with Gasteiger partial charge in [-0.1, -0.05) is 24.8 Å². The lowest BCUT2D eigenvalue weighted by atomic mass is 9.77. The Morgan fingerprint density at radius 2 is 1.35 bits per heavy atom. The molecule has 2 aliphatic carbocycles. The summed E-state index contributed by atoms with van der Waals surface area (Å²) < 4.78 is 89.7. The van der Waals surface area contributed by atoms with E-state index in [0.29, 0.717) is 55.2 Å². The topological polar surface area (TPSA) is 9.23 Å². The van der Waals surface area contributed by atoms with Crippen LogP contribution in [0, 0.1) is 29.2 Å². The Morgan fingerprint density at radius 1 is 0.765 bits per heavy atom. The zero-order valence-electron chi connectivity index (χ0n) is 18.8. The Kier molecular flexibility index (Phi) is 7.41. The van der Waals surface area contributed by atoms with Gasteiger partial charge in [0, 0.05) is 0 Å². The first-order valence-electron chi connectivity index (χ1n) is 11.8. The molecule has 4 rings (SSSR count). The van der Waals surface area contributed by atoms with Crippen LogP contribution in [0.25, 0.3) is 6.08 Å². The molecule has 0 atom stereocenters. The van der Waals surface area contributed by atoms with Crippen LogP contribution >= 0.6 is 0 Å². The van der Waals surface area contributed by atoms with Crippen molar-refractivity contribution in [3.8, 4) is 0 Å². The maximum absolute atomic E-state index is 14.9. The highest BCUT2D eigenvalue weighted by Gasteiger charge is 2.45. The van der Waals surface area contributed by atoms with Gasteiger partial charge >= 0.3 is 6.11 Å². The van der Waals surface area contributed by atoms with Gasteiger partial charge in [-0.2, -0.15) is 8.78 Å². The Morgan fingerprint density at radius 3 is 1.91 bits per heavy atom. The monoisotopic (exact) mass is 482 g/mol. The van der Waals surface area contributed by atoms with Crippen LogP contribution in [-0.4, -0.2) is 12.2 Å². The summed E-state index contributed by atoms with van der Waals surface area (Å²) in [5.74, 6) is -5.58. The fourth-order valence-electron chi connectivity index (χ4n) is 5.39. The van der Waals surface area contributed by atoms with E-state index in [1.807, 2.05) is 0 Å². The fraction of sp³-hybridized carbons (Fsp3) is 0.481. The molecule has 0 aliphatic heterocycles. The Bertz CT molecular complexity index is 997. The van der Waals surface area contributed by atoms with Gasteiger partial charge in [0.05, 0.1) is 12.0 Å². The minimum Gasteiger partial charge on any atom is -0.317 e. The van der Waals surface area contributed by atoms with Gasteiger partial charge < -0.3 is 4.74 Å². The molecule has 7 heteroatoms. The number of benzene rings is 2. The quantitative estimate of drug-likeness (QED) is 0.296. The summed E-state index contributed by atoms with van der Waals surface area (Å²) in [6.07, 6.45) is 0.540. The first kappa shape index (κ1) is 24.8. The van der Waals surface area contributed by atoms with Crippen molar-refractivity contribution in [3.63, 3.8) is 0 Å². The van der Waals surface area contributed by atoms with Gasteiger partial charge in [0.25, 0.3) is 0 Å². The van der Waals surface area contributed by atoms with Crippen LogP contribution in [0.3, 0.4) is 0 Å². The van der Waals surface area contributed by atoms with Gasteiger partial charge in [0.15, 0.2) is 17.5 Å². The maximum Gasteiger partial charge on any atom is 0.358 e. The molecule has 0 spiro atoms. The van der Waals surface area contributed by atoms with Crippen molar-refractivity contribution in [1.29, 1.82) is 0 Å². The molecule has 0 heterocycles. The van der Waals surface area contributed by atoms with E-state index in [1.54, 1.807) is 18.2 Å². The summed E-state index contributed by atoms with van der Waals surface area (Å²) in [5.41, 5.74) is 1.58. The molecule has 0 radical (unpaired) electrons. The predicted molar refractivity (Wildman–Crippen MR) is 119 cm³/mol. The van der Waals surface area contributed by atoms with Crippen LogP contribution in [0.2, 0.25) is 0 Å². The summed E-state index contributed by atoms with van der Waals surface area (Å²) in [7, 11) is 0. The second-order valence-electron chi connectivity index (χ2n) is 9.49. The van der Waals surface area contributed by atoms with E-state index in [4.69, 9.17) is 4.74 Å². The standard InChI is InChI=1S/C27H28F6O/c1-2-16-3-12-22(23(28)13-16)18-4-8-20(9-5-18)27(32,33)34-21-10-6-17(7-11-21)19-14-24(29)26(31)25(30)15-19/h2-3,12-15,17-18,20-21H,1,4-11H2. The molecule has 0 aromatic heterocycles. The molecule has 0 unspecified atom stereocenters. The normalized spacial score (nSPS) is 25.8. The molecule has 0 amide bonds. The van der Waals surface area contributed by atoms with Crippen molar-refractivity contribution in [1.82, 2.24) is 0 Å². The smallest absolute Gasteiger partial charge is 0.317 e. The maximum atomic E-state index is 14.9. The second-order valence-corrected chi connectivity index (χ2v) is 9.49. The SMILES string of the molecule is C=Cc1ccc(C2CCC(C(F)(F)OC3CCC(c4cc(F)c(F)c(F)c4)CC3)CC2)c(F)c1. The van der Waals surface area contributed by atoms with Gasteiger partial charge in [-0.05, 0) is 98.1 Å². The van der Waals surface area contributed by atoms with E-state index in [-0.39, 0.29) is 30.5 Å². The zero-order valence-corrected chi connectivity index (χ0v) is 18.8. The molecule has 0 N–H and O–H groups in total. The molecule has 2 fully saturated rings. The minimum atomic E-state index is -3.29. The van der Waals surface area contributed by atoms with Crippen LogP contribution < -0.4 is 0 Å². The van der Waals surface area contributed by atoms with E-state index in [2.05, 4.69) is 6.58 Å². The third kappa shape index (κ3) is 5.35. The molecule has 0 bridgehead atoms. The van der Waals surface area contributed by atoms with Crippen molar-refractivity contribution >= 4 is 6.08 Å². The number of hydrogen-bond donors (Lipinski definition) is 0. The van der Waals surface area contributed by atoms with Crippen molar-refractivity contribution < 1.29 is 31.1 Å². The molecule has 184 valence electrons. The van der Waals surface area contributed by atoms with Crippen LogP contribution in [0.4, 0.5) is 26.3 Å². The molecule has 34 heavy (non-hydrogen) atoms.